The van der Waals surface area contributed by atoms with E-state index in [0.29, 0.717) is 17.7 Å². The van der Waals surface area contributed by atoms with Crippen LogP contribution in [-0.4, -0.2) is 18.4 Å². The molecule has 2 aromatic carbocycles. The van der Waals surface area contributed by atoms with Gasteiger partial charge in [-0.05, 0) is 30.3 Å². The average Bonchev–Trinajstić information content (AvgIpc) is 2.59. The first-order valence-corrected chi connectivity index (χ1v) is 6.98. The monoisotopic (exact) mass is 309 g/mol. The van der Waals surface area contributed by atoms with E-state index in [9.17, 15) is 9.59 Å². The zero-order valence-corrected chi connectivity index (χ0v) is 12.3. The molecule has 0 aromatic heterocycles. The van der Waals surface area contributed by atoms with Crippen molar-refractivity contribution in [3.63, 3.8) is 0 Å². The zero-order chi connectivity index (χ0) is 16.5. The Kier molecular flexibility index (Phi) is 5.86. The molecule has 0 fully saturated rings. The third-order valence-electron chi connectivity index (χ3n) is 2.88. The van der Waals surface area contributed by atoms with Gasteiger partial charge in [0.15, 0.2) is 0 Å². The maximum atomic E-state index is 12.0. The Balaban J connectivity index is 1.98. The fourth-order valence-electron chi connectivity index (χ4n) is 1.77. The fraction of sp³-hybridized carbons (Fsp3) is 0.118. The molecule has 6 heteroatoms. The fourth-order valence-corrected chi connectivity index (χ4v) is 1.77. The molecule has 0 aliphatic heterocycles. The van der Waals surface area contributed by atoms with E-state index in [4.69, 9.17) is 10.00 Å². The maximum Gasteiger partial charge on any atom is 0.343 e. The van der Waals surface area contributed by atoms with Gasteiger partial charge in [0, 0.05) is 18.5 Å². The number of benzene rings is 2. The van der Waals surface area contributed by atoms with Crippen molar-refractivity contribution in [2.45, 2.75) is 6.42 Å². The maximum absolute atomic E-state index is 12.0. The summed E-state index contributed by atoms with van der Waals surface area (Å²) in [5.41, 5.74) is 5.88. The molecule has 0 aliphatic rings. The second-order valence-electron chi connectivity index (χ2n) is 4.57. The highest BCUT2D eigenvalue weighted by molar-refractivity contribution is 5.95. The van der Waals surface area contributed by atoms with Crippen molar-refractivity contribution in [1.29, 1.82) is 5.26 Å². The number of ether oxygens (including phenoxy) is 1. The van der Waals surface area contributed by atoms with Crippen molar-refractivity contribution in [1.82, 2.24) is 10.9 Å². The largest absolute Gasteiger partial charge is 0.423 e. The standard InChI is InChI=1S/C17H15N3O3/c18-10-5-11-19-20-16(21)14-8-4-9-15(12-14)23-17(22)13-6-2-1-3-7-13/h1-4,6-9,12,19H,5,11H2,(H,20,21). The highest BCUT2D eigenvalue weighted by Crippen LogP contribution is 2.15. The molecule has 0 aliphatic carbocycles. The minimum atomic E-state index is -0.490. The van der Waals surface area contributed by atoms with Crippen molar-refractivity contribution in [3.05, 3.63) is 65.7 Å². The average molecular weight is 309 g/mol. The van der Waals surface area contributed by atoms with Crippen molar-refractivity contribution in [3.8, 4) is 11.8 Å². The first-order valence-electron chi connectivity index (χ1n) is 6.98. The van der Waals surface area contributed by atoms with Gasteiger partial charge in [0.1, 0.15) is 5.75 Å². The van der Waals surface area contributed by atoms with Crippen molar-refractivity contribution in [2.24, 2.45) is 0 Å². The van der Waals surface area contributed by atoms with Crippen LogP contribution in [0.3, 0.4) is 0 Å². The Morgan fingerprint density at radius 3 is 2.52 bits per heavy atom. The molecule has 0 unspecified atom stereocenters. The number of nitriles is 1. The van der Waals surface area contributed by atoms with Crippen LogP contribution in [0.25, 0.3) is 0 Å². The molecule has 0 saturated heterocycles. The lowest BCUT2D eigenvalue weighted by molar-refractivity contribution is 0.0733. The van der Waals surface area contributed by atoms with E-state index in [2.05, 4.69) is 10.9 Å². The molecule has 2 N–H and O–H groups in total. The number of carbonyl (C=O) groups is 2. The van der Waals surface area contributed by atoms with Gasteiger partial charge in [0.25, 0.3) is 5.91 Å². The summed E-state index contributed by atoms with van der Waals surface area (Å²) in [5.74, 6) is -0.584. The predicted molar refractivity (Wildman–Crippen MR) is 83.5 cm³/mol. The molecule has 2 rings (SSSR count). The molecule has 0 bridgehead atoms. The van der Waals surface area contributed by atoms with E-state index in [1.165, 1.54) is 6.07 Å². The van der Waals surface area contributed by atoms with Crippen LogP contribution >= 0.6 is 0 Å². The number of hydrazine groups is 1. The number of nitrogens with zero attached hydrogens (tertiary/aromatic N) is 1. The number of hydrogen-bond donors (Lipinski definition) is 2. The van der Waals surface area contributed by atoms with E-state index in [1.54, 1.807) is 48.5 Å². The second kappa shape index (κ2) is 8.32. The quantitative estimate of drug-likeness (QED) is 0.369. The molecule has 0 radical (unpaired) electrons. The number of hydrogen-bond acceptors (Lipinski definition) is 5. The molecule has 1 amide bonds. The van der Waals surface area contributed by atoms with E-state index < -0.39 is 5.97 Å². The van der Waals surface area contributed by atoms with Gasteiger partial charge < -0.3 is 4.74 Å². The van der Waals surface area contributed by atoms with Gasteiger partial charge >= 0.3 is 5.97 Å². The first-order chi connectivity index (χ1) is 11.2. The number of esters is 1. The molecule has 0 spiro atoms. The van der Waals surface area contributed by atoms with Gasteiger partial charge in [0.2, 0.25) is 0 Å². The Morgan fingerprint density at radius 2 is 1.78 bits per heavy atom. The molecule has 6 nitrogen and oxygen atoms in total. The first kappa shape index (κ1) is 16.2. The molecule has 23 heavy (non-hydrogen) atoms. The van der Waals surface area contributed by atoms with Crippen LogP contribution in [0.15, 0.2) is 54.6 Å². The van der Waals surface area contributed by atoms with Crippen molar-refractivity contribution >= 4 is 11.9 Å². The Hall–Kier alpha value is -3.17. The highest BCUT2D eigenvalue weighted by atomic mass is 16.5. The van der Waals surface area contributed by atoms with E-state index >= 15 is 0 Å². The second-order valence-corrected chi connectivity index (χ2v) is 4.57. The van der Waals surface area contributed by atoms with Gasteiger partial charge in [-0.2, -0.15) is 5.26 Å². The Bertz CT molecular complexity index is 723. The van der Waals surface area contributed by atoms with E-state index in [0.717, 1.165) is 0 Å². The number of carbonyl (C=O) groups excluding carboxylic acids is 2. The van der Waals surface area contributed by atoms with Crippen molar-refractivity contribution in [2.75, 3.05) is 6.54 Å². The lowest BCUT2D eigenvalue weighted by atomic mass is 10.2. The molecule has 116 valence electrons. The lowest BCUT2D eigenvalue weighted by Crippen LogP contribution is -2.37. The molecular weight excluding hydrogens is 294 g/mol. The van der Waals surface area contributed by atoms with Crippen LogP contribution in [-0.2, 0) is 0 Å². The number of rotatable bonds is 6. The van der Waals surface area contributed by atoms with Gasteiger partial charge in [-0.25, -0.2) is 10.2 Å². The summed E-state index contributed by atoms with van der Waals surface area (Å²) >= 11 is 0. The SMILES string of the molecule is N#CCCNNC(=O)c1cccc(OC(=O)c2ccccc2)c1. The van der Waals surface area contributed by atoms with Crippen LogP contribution in [0.5, 0.6) is 5.75 Å². The van der Waals surface area contributed by atoms with Crippen LogP contribution in [0, 0.1) is 11.3 Å². The smallest absolute Gasteiger partial charge is 0.343 e. The van der Waals surface area contributed by atoms with E-state index in [-0.39, 0.29) is 18.1 Å². The molecule has 2 aromatic rings. The molecule has 0 atom stereocenters. The summed E-state index contributed by atoms with van der Waals surface area (Å²) in [7, 11) is 0. The van der Waals surface area contributed by atoms with Crippen molar-refractivity contribution < 1.29 is 14.3 Å². The predicted octanol–water partition coefficient (Wildman–Crippen LogP) is 2.05. The Labute approximate surface area is 133 Å². The summed E-state index contributed by atoms with van der Waals surface area (Å²) in [6.45, 7) is 0.352. The summed E-state index contributed by atoms with van der Waals surface area (Å²) in [6, 6.07) is 16.8. The van der Waals surface area contributed by atoms with Gasteiger partial charge in [-0.1, -0.05) is 24.3 Å². The Morgan fingerprint density at radius 1 is 1.04 bits per heavy atom. The minimum Gasteiger partial charge on any atom is -0.423 e. The summed E-state index contributed by atoms with van der Waals surface area (Å²) in [5, 5.41) is 8.41. The molecular formula is C17H15N3O3. The van der Waals surface area contributed by atoms with Crippen LogP contribution in [0.2, 0.25) is 0 Å². The van der Waals surface area contributed by atoms with Crippen LogP contribution in [0.1, 0.15) is 27.1 Å². The molecule has 0 heterocycles. The topological polar surface area (TPSA) is 91.2 Å². The minimum absolute atomic E-state index is 0.281. The third kappa shape index (κ3) is 4.95. The van der Waals surface area contributed by atoms with E-state index in [1.807, 2.05) is 6.07 Å². The summed E-state index contributed by atoms with van der Waals surface area (Å²) in [4.78, 5) is 23.9. The highest BCUT2D eigenvalue weighted by Gasteiger charge is 2.10. The zero-order valence-electron chi connectivity index (χ0n) is 12.3. The van der Waals surface area contributed by atoms with Crippen LogP contribution in [0.4, 0.5) is 0 Å². The third-order valence-corrected chi connectivity index (χ3v) is 2.88. The number of nitrogens with one attached hydrogen (secondary N) is 2. The van der Waals surface area contributed by atoms with Gasteiger partial charge in [0.05, 0.1) is 11.6 Å². The van der Waals surface area contributed by atoms with Gasteiger partial charge in [-0.3, -0.25) is 10.2 Å². The summed E-state index contributed by atoms with van der Waals surface area (Å²) < 4.78 is 5.25. The van der Waals surface area contributed by atoms with Crippen LogP contribution < -0.4 is 15.6 Å². The number of amides is 1. The lowest BCUT2D eigenvalue weighted by Gasteiger charge is -2.08. The summed E-state index contributed by atoms with van der Waals surface area (Å²) in [6.07, 6.45) is 0.287. The van der Waals surface area contributed by atoms with Gasteiger partial charge in [-0.15, -0.1) is 0 Å². The normalized spacial score (nSPS) is 9.70. The molecule has 0 saturated carbocycles.